The predicted molar refractivity (Wildman–Crippen MR) is 93.9 cm³/mol. The van der Waals surface area contributed by atoms with Crippen molar-refractivity contribution in [3.8, 4) is 11.8 Å². The maximum absolute atomic E-state index is 14.0. The van der Waals surface area contributed by atoms with E-state index in [1.165, 1.54) is 20.4 Å². The predicted octanol–water partition coefficient (Wildman–Crippen LogP) is 2.08. The number of amides is 1. The molecule has 0 radical (unpaired) electrons. The van der Waals surface area contributed by atoms with Gasteiger partial charge in [-0.1, -0.05) is 11.3 Å². The standard InChI is InChI=1S/C16H20FN5O3S/c1-9-4-11(25-14-5-13(24-3)18-8-19-14)6-22(9)7-12-15(17)21-16(26-12)20-10(2)23/h5,8-9,11H,4,6-7H2,1-3H3,(H,20,21,23)/t9-,11+/m0/s1. The summed E-state index contributed by atoms with van der Waals surface area (Å²) in [6.07, 6.45) is 2.13. The molecule has 1 amide bonds. The number of methoxy groups -OCH3 is 1. The van der Waals surface area contributed by atoms with Crippen molar-refractivity contribution in [1.29, 1.82) is 0 Å². The lowest BCUT2D eigenvalue weighted by Gasteiger charge is -2.19. The maximum Gasteiger partial charge on any atom is 0.230 e. The zero-order chi connectivity index (χ0) is 18.7. The minimum absolute atomic E-state index is 0.0598. The molecule has 1 N–H and O–H groups in total. The first-order valence-electron chi connectivity index (χ1n) is 8.14. The van der Waals surface area contributed by atoms with E-state index in [1.807, 2.05) is 0 Å². The molecule has 140 valence electrons. The molecule has 3 rings (SSSR count). The number of carbonyl (C=O) groups is 1. The number of nitrogens with zero attached hydrogens (tertiary/aromatic N) is 4. The average Bonchev–Trinajstić information content (AvgIpc) is 3.09. The summed E-state index contributed by atoms with van der Waals surface area (Å²) in [5, 5.41) is 2.79. The van der Waals surface area contributed by atoms with Crippen LogP contribution in [0.4, 0.5) is 9.52 Å². The summed E-state index contributed by atoms with van der Waals surface area (Å²) in [7, 11) is 1.53. The lowest BCUT2D eigenvalue weighted by Crippen LogP contribution is -2.28. The van der Waals surface area contributed by atoms with Crippen molar-refractivity contribution in [3.05, 3.63) is 23.2 Å². The van der Waals surface area contributed by atoms with Crippen LogP contribution in [0.3, 0.4) is 0 Å². The van der Waals surface area contributed by atoms with Crippen LogP contribution in [0.5, 0.6) is 11.8 Å². The van der Waals surface area contributed by atoms with Gasteiger partial charge in [0.05, 0.1) is 18.1 Å². The molecule has 2 aromatic heterocycles. The van der Waals surface area contributed by atoms with Crippen LogP contribution in [0.2, 0.25) is 0 Å². The van der Waals surface area contributed by atoms with Gasteiger partial charge in [-0.25, -0.2) is 9.97 Å². The van der Waals surface area contributed by atoms with Gasteiger partial charge in [-0.2, -0.15) is 9.37 Å². The molecule has 0 spiro atoms. The van der Waals surface area contributed by atoms with Crippen molar-refractivity contribution in [1.82, 2.24) is 19.9 Å². The number of ether oxygens (including phenoxy) is 2. The SMILES string of the molecule is COc1cc(O[C@@H]2C[C@H](C)N(Cc3sc(NC(C)=O)nc3F)C2)ncn1. The molecule has 8 nitrogen and oxygen atoms in total. The summed E-state index contributed by atoms with van der Waals surface area (Å²) >= 11 is 1.15. The Bertz CT molecular complexity index is 787. The fraction of sp³-hybridized carbons (Fsp3) is 0.500. The molecule has 0 unspecified atom stereocenters. The number of anilines is 1. The summed E-state index contributed by atoms with van der Waals surface area (Å²) in [6.45, 7) is 4.49. The molecule has 0 aromatic carbocycles. The van der Waals surface area contributed by atoms with Gasteiger partial charge in [-0.3, -0.25) is 9.69 Å². The Morgan fingerprint density at radius 1 is 1.46 bits per heavy atom. The largest absolute Gasteiger partial charge is 0.481 e. The average molecular weight is 381 g/mol. The third-order valence-electron chi connectivity index (χ3n) is 4.06. The minimum atomic E-state index is -0.546. The van der Waals surface area contributed by atoms with Crippen LogP contribution in [0.25, 0.3) is 0 Å². The highest BCUT2D eigenvalue weighted by Crippen LogP contribution is 2.28. The van der Waals surface area contributed by atoms with E-state index in [1.54, 1.807) is 6.07 Å². The summed E-state index contributed by atoms with van der Waals surface area (Å²) in [5.74, 6) is 0.0763. The molecule has 1 fully saturated rings. The molecule has 10 heteroatoms. The van der Waals surface area contributed by atoms with E-state index in [4.69, 9.17) is 9.47 Å². The number of carbonyl (C=O) groups excluding carboxylic acids is 1. The lowest BCUT2D eigenvalue weighted by molar-refractivity contribution is -0.114. The van der Waals surface area contributed by atoms with E-state index in [-0.39, 0.29) is 23.2 Å². The molecule has 1 saturated heterocycles. The van der Waals surface area contributed by atoms with Gasteiger partial charge in [-0.15, -0.1) is 0 Å². The van der Waals surface area contributed by atoms with E-state index in [0.717, 1.165) is 17.8 Å². The number of aromatic nitrogens is 3. The number of hydrogen-bond donors (Lipinski definition) is 1. The normalized spacial score (nSPS) is 20.2. The van der Waals surface area contributed by atoms with Gasteiger partial charge in [0.1, 0.15) is 12.4 Å². The molecule has 2 aromatic rings. The second-order valence-corrected chi connectivity index (χ2v) is 7.15. The smallest absolute Gasteiger partial charge is 0.230 e. The zero-order valence-corrected chi connectivity index (χ0v) is 15.5. The third-order valence-corrected chi connectivity index (χ3v) is 4.99. The van der Waals surface area contributed by atoms with Crippen LogP contribution < -0.4 is 14.8 Å². The fourth-order valence-electron chi connectivity index (χ4n) is 2.84. The molecule has 0 bridgehead atoms. The van der Waals surface area contributed by atoms with Gasteiger partial charge in [0.15, 0.2) is 5.13 Å². The van der Waals surface area contributed by atoms with E-state index in [2.05, 4.69) is 32.1 Å². The molecule has 1 aliphatic heterocycles. The molecule has 0 saturated carbocycles. The molecule has 1 aliphatic rings. The van der Waals surface area contributed by atoms with Crippen LogP contribution in [0.15, 0.2) is 12.4 Å². The first kappa shape index (κ1) is 18.5. The molecule has 0 aliphatic carbocycles. The fourth-order valence-corrected chi connectivity index (χ4v) is 3.75. The summed E-state index contributed by atoms with van der Waals surface area (Å²) in [5.41, 5.74) is 0. The Kier molecular flexibility index (Phi) is 5.62. The highest BCUT2D eigenvalue weighted by molar-refractivity contribution is 7.15. The Balaban J connectivity index is 1.62. The van der Waals surface area contributed by atoms with Gasteiger partial charge >= 0.3 is 0 Å². The van der Waals surface area contributed by atoms with Gasteiger partial charge in [0.2, 0.25) is 23.6 Å². The van der Waals surface area contributed by atoms with Crippen LogP contribution in [0, 0.1) is 5.95 Å². The topological polar surface area (TPSA) is 89.5 Å². The maximum atomic E-state index is 14.0. The Hall–Kier alpha value is -2.33. The number of nitrogens with one attached hydrogen (secondary N) is 1. The Morgan fingerprint density at radius 2 is 2.23 bits per heavy atom. The van der Waals surface area contributed by atoms with Crippen LogP contribution >= 0.6 is 11.3 Å². The molecule has 2 atom stereocenters. The van der Waals surface area contributed by atoms with Crippen molar-refractivity contribution in [2.24, 2.45) is 0 Å². The van der Waals surface area contributed by atoms with Crippen molar-refractivity contribution in [2.75, 3.05) is 19.0 Å². The van der Waals surface area contributed by atoms with Crippen LogP contribution in [-0.2, 0) is 11.3 Å². The molecule has 3 heterocycles. The van der Waals surface area contributed by atoms with Crippen molar-refractivity contribution >= 4 is 22.4 Å². The molecule has 26 heavy (non-hydrogen) atoms. The van der Waals surface area contributed by atoms with Crippen LogP contribution in [0.1, 0.15) is 25.1 Å². The first-order chi connectivity index (χ1) is 12.4. The quantitative estimate of drug-likeness (QED) is 0.819. The van der Waals surface area contributed by atoms with Gasteiger partial charge in [0.25, 0.3) is 0 Å². The van der Waals surface area contributed by atoms with E-state index >= 15 is 0 Å². The number of likely N-dealkylation sites (tertiary alicyclic amines) is 1. The van der Waals surface area contributed by atoms with Gasteiger partial charge < -0.3 is 14.8 Å². The second-order valence-electron chi connectivity index (χ2n) is 6.07. The Morgan fingerprint density at radius 3 is 2.96 bits per heavy atom. The van der Waals surface area contributed by atoms with Gasteiger partial charge in [0, 0.05) is 32.5 Å². The first-order valence-corrected chi connectivity index (χ1v) is 8.95. The van der Waals surface area contributed by atoms with Crippen molar-refractivity contribution < 1.29 is 18.7 Å². The van der Waals surface area contributed by atoms with Crippen molar-refractivity contribution in [3.63, 3.8) is 0 Å². The Labute approximate surface area is 154 Å². The number of halogens is 1. The second kappa shape index (κ2) is 7.92. The van der Waals surface area contributed by atoms with Gasteiger partial charge in [-0.05, 0) is 6.92 Å². The lowest BCUT2D eigenvalue weighted by atomic mass is 10.2. The summed E-state index contributed by atoms with van der Waals surface area (Å²) in [6, 6.07) is 1.85. The highest BCUT2D eigenvalue weighted by atomic mass is 32.1. The number of hydrogen-bond acceptors (Lipinski definition) is 8. The number of thiazole rings is 1. The summed E-state index contributed by atoms with van der Waals surface area (Å²) in [4.78, 5) is 25.5. The van der Waals surface area contributed by atoms with E-state index < -0.39 is 5.95 Å². The summed E-state index contributed by atoms with van der Waals surface area (Å²) < 4.78 is 25.0. The van der Waals surface area contributed by atoms with Crippen LogP contribution in [-0.4, -0.2) is 51.6 Å². The number of rotatable bonds is 6. The highest BCUT2D eigenvalue weighted by Gasteiger charge is 2.32. The third kappa shape index (κ3) is 4.44. The van der Waals surface area contributed by atoms with E-state index in [0.29, 0.717) is 29.7 Å². The molecular formula is C16H20FN5O3S. The van der Waals surface area contributed by atoms with Crippen molar-refractivity contribution in [2.45, 2.75) is 39.0 Å². The zero-order valence-electron chi connectivity index (χ0n) is 14.7. The minimum Gasteiger partial charge on any atom is -0.481 e. The van der Waals surface area contributed by atoms with E-state index in [9.17, 15) is 9.18 Å². The monoisotopic (exact) mass is 381 g/mol. The molecular weight excluding hydrogens is 361 g/mol.